The number of ether oxygens (including phenoxy) is 1. The highest BCUT2D eigenvalue weighted by atomic mass is 35.5. The van der Waals surface area contributed by atoms with Crippen LogP contribution < -0.4 is 14.4 Å². The van der Waals surface area contributed by atoms with Gasteiger partial charge in [-0.1, -0.05) is 23.7 Å². The highest BCUT2D eigenvalue weighted by molar-refractivity contribution is 7.93. The van der Waals surface area contributed by atoms with Crippen LogP contribution in [0.15, 0.2) is 70.5 Å². The van der Waals surface area contributed by atoms with Crippen molar-refractivity contribution < 1.29 is 26.4 Å². The van der Waals surface area contributed by atoms with Gasteiger partial charge in [-0.3, -0.25) is 9.10 Å². The van der Waals surface area contributed by atoms with Crippen LogP contribution in [0.4, 0.5) is 11.4 Å². The van der Waals surface area contributed by atoms with Crippen LogP contribution in [-0.4, -0.2) is 54.8 Å². The molecule has 0 bridgehead atoms. The van der Waals surface area contributed by atoms with Crippen LogP contribution in [0.1, 0.15) is 11.1 Å². The third-order valence-electron chi connectivity index (χ3n) is 5.55. The Morgan fingerprint density at radius 1 is 0.919 bits per heavy atom. The Balaban J connectivity index is 2.03. The number of sulfonamides is 2. The fraction of sp³-hybridized carbons (Fsp3) is 0.240. The second kappa shape index (κ2) is 11.1. The van der Waals surface area contributed by atoms with E-state index in [1.807, 2.05) is 0 Å². The number of nitrogens with zero attached hydrogens (tertiary/aromatic N) is 2. The summed E-state index contributed by atoms with van der Waals surface area (Å²) in [7, 11) is -3.84. The van der Waals surface area contributed by atoms with E-state index in [-0.39, 0.29) is 26.9 Å². The lowest BCUT2D eigenvalue weighted by atomic mass is 10.2. The van der Waals surface area contributed by atoms with Gasteiger partial charge in [0.25, 0.3) is 10.0 Å². The van der Waals surface area contributed by atoms with Gasteiger partial charge in [0.2, 0.25) is 15.9 Å². The Hall–Kier alpha value is -3.12. The number of aryl methyl sites for hydroxylation is 2. The third kappa shape index (κ3) is 6.24. The van der Waals surface area contributed by atoms with Gasteiger partial charge in [-0.15, -0.1) is 0 Å². The first kappa shape index (κ1) is 28.5. The van der Waals surface area contributed by atoms with E-state index in [0.29, 0.717) is 16.1 Å². The van der Waals surface area contributed by atoms with Crippen molar-refractivity contribution in [3.63, 3.8) is 0 Å². The monoisotopic (exact) mass is 565 g/mol. The highest BCUT2D eigenvalue weighted by Gasteiger charge is 2.30. The molecule has 0 atom stereocenters. The van der Waals surface area contributed by atoms with Crippen molar-refractivity contribution in [2.75, 3.05) is 37.4 Å². The van der Waals surface area contributed by atoms with Crippen molar-refractivity contribution in [2.24, 2.45) is 0 Å². The summed E-state index contributed by atoms with van der Waals surface area (Å²) in [5.41, 5.74) is 1.75. The quantitative estimate of drug-likeness (QED) is 0.419. The molecular weight excluding hydrogens is 538 g/mol. The second-order valence-corrected chi connectivity index (χ2v) is 12.9. The van der Waals surface area contributed by atoms with Gasteiger partial charge in [0.15, 0.2) is 0 Å². The Labute approximate surface area is 222 Å². The molecule has 0 aliphatic heterocycles. The number of hydrogen-bond donors (Lipinski definition) is 1. The normalized spacial score (nSPS) is 11.9. The van der Waals surface area contributed by atoms with E-state index in [2.05, 4.69) is 5.32 Å². The molecule has 3 aromatic carbocycles. The van der Waals surface area contributed by atoms with Gasteiger partial charge in [0.05, 0.1) is 17.7 Å². The summed E-state index contributed by atoms with van der Waals surface area (Å²) in [6.45, 7) is 2.85. The molecule has 0 aromatic heterocycles. The van der Waals surface area contributed by atoms with Gasteiger partial charge >= 0.3 is 0 Å². The van der Waals surface area contributed by atoms with Crippen LogP contribution >= 0.6 is 11.6 Å². The van der Waals surface area contributed by atoms with Crippen LogP contribution in [0.5, 0.6) is 5.75 Å². The molecule has 3 aromatic rings. The Morgan fingerprint density at radius 2 is 1.57 bits per heavy atom. The van der Waals surface area contributed by atoms with E-state index in [4.69, 9.17) is 16.3 Å². The van der Waals surface area contributed by atoms with Crippen molar-refractivity contribution >= 4 is 48.9 Å². The summed E-state index contributed by atoms with van der Waals surface area (Å²) in [5, 5.41) is 3.05. The highest BCUT2D eigenvalue weighted by Crippen LogP contribution is 2.31. The van der Waals surface area contributed by atoms with Gasteiger partial charge in [0.1, 0.15) is 17.2 Å². The van der Waals surface area contributed by atoms with Crippen molar-refractivity contribution in [1.82, 2.24) is 4.31 Å². The van der Waals surface area contributed by atoms with Crippen LogP contribution in [-0.2, 0) is 24.8 Å². The molecule has 0 saturated carbocycles. The van der Waals surface area contributed by atoms with Crippen LogP contribution in [0.25, 0.3) is 0 Å². The number of nitrogens with one attached hydrogen (secondary N) is 1. The van der Waals surface area contributed by atoms with Crippen molar-refractivity contribution in [3.8, 4) is 5.75 Å². The van der Waals surface area contributed by atoms with Crippen molar-refractivity contribution in [2.45, 2.75) is 23.6 Å². The average molecular weight is 566 g/mol. The molecule has 0 aliphatic rings. The zero-order valence-electron chi connectivity index (χ0n) is 21.0. The molecule has 0 unspecified atom stereocenters. The first-order valence-corrected chi connectivity index (χ1v) is 14.3. The number of methoxy groups -OCH3 is 1. The third-order valence-corrected chi connectivity index (χ3v) is 9.41. The fourth-order valence-corrected chi connectivity index (χ4v) is 6.17. The van der Waals surface area contributed by atoms with E-state index in [9.17, 15) is 21.6 Å². The minimum absolute atomic E-state index is 0.00919. The lowest BCUT2D eigenvalue weighted by Gasteiger charge is -2.25. The summed E-state index contributed by atoms with van der Waals surface area (Å²) < 4.78 is 60.0. The molecule has 0 heterocycles. The topological polar surface area (TPSA) is 113 Å². The van der Waals surface area contributed by atoms with E-state index >= 15 is 0 Å². The van der Waals surface area contributed by atoms with Crippen LogP contribution in [0.3, 0.4) is 0 Å². The molecule has 1 amide bonds. The zero-order valence-corrected chi connectivity index (χ0v) is 23.4. The number of rotatable bonds is 9. The Kier molecular flexibility index (Phi) is 8.53. The summed E-state index contributed by atoms with van der Waals surface area (Å²) in [4.78, 5) is 13.1. The van der Waals surface area contributed by atoms with Gasteiger partial charge in [-0.25, -0.2) is 21.1 Å². The minimum Gasteiger partial charge on any atom is -0.495 e. The van der Waals surface area contributed by atoms with Gasteiger partial charge in [0, 0.05) is 24.8 Å². The van der Waals surface area contributed by atoms with E-state index in [1.54, 1.807) is 32.0 Å². The average Bonchev–Trinajstić information content (AvgIpc) is 2.84. The molecule has 0 aliphatic carbocycles. The number of carbonyl (C=O) groups is 1. The maximum atomic E-state index is 13.8. The van der Waals surface area contributed by atoms with Crippen LogP contribution in [0.2, 0.25) is 5.02 Å². The van der Waals surface area contributed by atoms with Crippen LogP contribution in [0, 0.1) is 13.8 Å². The second-order valence-electron chi connectivity index (χ2n) is 8.45. The SMILES string of the molecule is COc1ccc(C)cc1S(=O)(=O)N(CC(=O)Nc1cc(S(=O)(=O)N(C)C)ccc1C)c1ccc(Cl)cc1. The maximum Gasteiger partial charge on any atom is 0.268 e. The summed E-state index contributed by atoms with van der Waals surface area (Å²) in [5.74, 6) is -0.546. The molecule has 37 heavy (non-hydrogen) atoms. The van der Waals surface area contributed by atoms with Gasteiger partial charge in [-0.2, -0.15) is 0 Å². The molecular formula is C25H28ClN3O6S2. The van der Waals surface area contributed by atoms with E-state index < -0.39 is 32.5 Å². The molecule has 198 valence electrons. The van der Waals surface area contributed by atoms with E-state index in [1.165, 1.54) is 63.7 Å². The number of amides is 1. The first-order chi connectivity index (χ1) is 17.3. The standard InChI is InChI=1S/C25H28ClN3O6S2/c1-17-6-13-23(35-5)24(14-17)37(33,34)29(20-10-8-19(26)9-11-20)16-25(30)27-22-15-21(12-7-18(22)2)36(31,32)28(3)4/h6-15H,16H2,1-5H3,(H,27,30). The Morgan fingerprint density at radius 3 is 2.16 bits per heavy atom. The Bertz CT molecular complexity index is 1520. The lowest BCUT2D eigenvalue weighted by Crippen LogP contribution is -2.38. The largest absolute Gasteiger partial charge is 0.495 e. The van der Waals surface area contributed by atoms with Crippen molar-refractivity contribution in [1.29, 1.82) is 0 Å². The number of hydrogen-bond acceptors (Lipinski definition) is 6. The molecule has 9 nitrogen and oxygen atoms in total. The van der Waals surface area contributed by atoms with Gasteiger partial charge in [-0.05, 0) is 73.5 Å². The molecule has 0 spiro atoms. The predicted octanol–water partition coefficient (Wildman–Crippen LogP) is 4.05. The van der Waals surface area contributed by atoms with E-state index in [0.717, 1.165) is 8.61 Å². The number of halogens is 1. The number of anilines is 2. The number of carbonyl (C=O) groups excluding carboxylic acids is 1. The molecule has 3 rings (SSSR count). The van der Waals surface area contributed by atoms with Gasteiger partial charge < -0.3 is 10.1 Å². The summed E-state index contributed by atoms with van der Waals surface area (Å²) >= 11 is 6.00. The summed E-state index contributed by atoms with van der Waals surface area (Å²) in [6, 6.07) is 15.1. The molecule has 0 saturated heterocycles. The maximum absolute atomic E-state index is 13.8. The summed E-state index contributed by atoms with van der Waals surface area (Å²) in [6.07, 6.45) is 0. The van der Waals surface area contributed by atoms with Crippen molar-refractivity contribution in [3.05, 3.63) is 76.8 Å². The molecule has 12 heteroatoms. The fourth-order valence-electron chi connectivity index (χ4n) is 3.45. The number of benzene rings is 3. The molecule has 0 radical (unpaired) electrons. The zero-order chi connectivity index (χ0) is 27.5. The smallest absolute Gasteiger partial charge is 0.268 e. The first-order valence-electron chi connectivity index (χ1n) is 11.0. The molecule has 1 N–H and O–H groups in total. The lowest BCUT2D eigenvalue weighted by molar-refractivity contribution is -0.114. The predicted molar refractivity (Wildman–Crippen MR) is 144 cm³/mol. The minimum atomic E-state index is -4.27. The molecule has 0 fully saturated rings.